The van der Waals surface area contributed by atoms with Crippen molar-refractivity contribution in [2.45, 2.75) is 26.8 Å². The molecule has 6 heteroatoms. The minimum atomic E-state index is 0.573. The van der Waals surface area contributed by atoms with Gasteiger partial charge in [-0.1, -0.05) is 19.9 Å². The first-order chi connectivity index (χ1) is 13.8. The van der Waals surface area contributed by atoms with E-state index in [1.165, 1.54) is 10.9 Å². The van der Waals surface area contributed by atoms with E-state index in [1.54, 1.807) is 11.3 Å². The molecule has 0 aliphatic carbocycles. The molecular weight excluding hydrogens is 368 g/mol. The molecule has 4 rings (SSSR count). The van der Waals surface area contributed by atoms with Gasteiger partial charge in [0.1, 0.15) is 5.84 Å². The van der Waals surface area contributed by atoms with Gasteiger partial charge < -0.3 is 15.0 Å². The van der Waals surface area contributed by atoms with Crippen LogP contribution in [0.5, 0.6) is 0 Å². The van der Waals surface area contributed by atoms with Crippen molar-refractivity contribution in [1.82, 2.24) is 9.47 Å². The summed E-state index contributed by atoms with van der Waals surface area (Å²) in [6.07, 6.45) is 3.31. The maximum absolute atomic E-state index is 6.10. The fraction of sp³-hybridized carbons (Fsp3) is 0.409. The molecule has 0 unspecified atom stereocenters. The third-order valence-corrected chi connectivity index (χ3v) is 5.65. The highest BCUT2D eigenvalue weighted by molar-refractivity contribution is 7.12. The van der Waals surface area contributed by atoms with E-state index in [2.05, 4.69) is 38.9 Å². The number of amidine groups is 1. The average Bonchev–Trinajstić information content (AvgIpc) is 3.41. The summed E-state index contributed by atoms with van der Waals surface area (Å²) in [5, 5.41) is 3.22. The molecule has 0 radical (unpaired) electrons. The topological polar surface area (TPSA) is 55.8 Å². The fourth-order valence-electron chi connectivity index (χ4n) is 3.36. The van der Waals surface area contributed by atoms with Gasteiger partial charge in [0.2, 0.25) is 0 Å². The standard InChI is InChI=1S/C20H24N4OS.C2H6/c21-20(19-3-1-14-26-19)22-17-4-5-18-16(15-17)6-9-24(18)8-2-7-23-10-12-25-13-11-23;1-2/h1,3-6,9,14-15H,2,7-8,10-13H2,(H2,21,22);1-2H3. The number of nitrogens with zero attached hydrogens (tertiary/aromatic N) is 3. The highest BCUT2D eigenvalue weighted by atomic mass is 32.1. The van der Waals surface area contributed by atoms with Gasteiger partial charge in [-0.05, 0) is 42.1 Å². The van der Waals surface area contributed by atoms with E-state index in [4.69, 9.17) is 10.5 Å². The van der Waals surface area contributed by atoms with E-state index in [1.807, 2.05) is 37.4 Å². The monoisotopic (exact) mass is 398 g/mol. The summed E-state index contributed by atoms with van der Waals surface area (Å²) in [6.45, 7) is 10.00. The van der Waals surface area contributed by atoms with E-state index in [-0.39, 0.29) is 0 Å². The van der Waals surface area contributed by atoms with Crippen LogP contribution in [-0.4, -0.2) is 48.2 Å². The Bertz CT molecular complexity index is 879. The highest BCUT2D eigenvalue weighted by Crippen LogP contribution is 2.23. The third kappa shape index (κ3) is 5.22. The Morgan fingerprint density at radius 1 is 1.14 bits per heavy atom. The number of hydrogen-bond donors (Lipinski definition) is 1. The summed E-state index contributed by atoms with van der Waals surface area (Å²) in [5.74, 6) is 0.573. The predicted molar refractivity (Wildman–Crippen MR) is 120 cm³/mol. The second kappa shape index (κ2) is 10.4. The summed E-state index contributed by atoms with van der Waals surface area (Å²) >= 11 is 1.61. The van der Waals surface area contributed by atoms with Crippen molar-refractivity contribution < 1.29 is 4.74 Å². The van der Waals surface area contributed by atoms with Gasteiger partial charge in [0, 0.05) is 43.3 Å². The SMILES string of the molecule is CC.NC(=Nc1ccc2c(ccn2CCCN2CCOCC2)c1)c1cccs1. The zero-order chi connectivity index (χ0) is 19.8. The Kier molecular flexibility index (Phi) is 7.65. The van der Waals surface area contributed by atoms with Crippen LogP contribution < -0.4 is 5.73 Å². The van der Waals surface area contributed by atoms with Crippen molar-refractivity contribution in [2.75, 3.05) is 32.8 Å². The lowest BCUT2D eigenvalue weighted by atomic mass is 10.2. The minimum Gasteiger partial charge on any atom is -0.383 e. The molecule has 1 aromatic carbocycles. The van der Waals surface area contributed by atoms with Crippen molar-refractivity contribution in [3.63, 3.8) is 0 Å². The molecule has 2 N–H and O–H groups in total. The molecule has 1 aliphatic heterocycles. The van der Waals surface area contributed by atoms with Crippen LogP contribution in [0.15, 0.2) is 53.0 Å². The molecule has 3 heterocycles. The molecule has 150 valence electrons. The molecule has 0 bridgehead atoms. The smallest absolute Gasteiger partial charge is 0.141 e. The lowest BCUT2D eigenvalue weighted by Gasteiger charge is -2.26. The highest BCUT2D eigenvalue weighted by Gasteiger charge is 2.10. The first kappa shape index (κ1) is 20.6. The number of ether oxygens (including phenoxy) is 1. The zero-order valence-corrected chi connectivity index (χ0v) is 17.6. The number of hydrogen-bond acceptors (Lipinski definition) is 4. The first-order valence-electron chi connectivity index (χ1n) is 10.1. The van der Waals surface area contributed by atoms with E-state index >= 15 is 0 Å². The van der Waals surface area contributed by atoms with Crippen LogP contribution in [0.3, 0.4) is 0 Å². The molecule has 0 saturated carbocycles. The lowest BCUT2D eigenvalue weighted by molar-refractivity contribution is 0.0370. The van der Waals surface area contributed by atoms with Crippen molar-refractivity contribution in [3.05, 3.63) is 52.9 Å². The van der Waals surface area contributed by atoms with Crippen LogP contribution in [0, 0.1) is 0 Å². The molecule has 5 nitrogen and oxygen atoms in total. The summed E-state index contributed by atoms with van der Waals surface area (Å²) in [7, 11) is 0. The first-order valence-corrected chi connectivity index (χ1v) is 10.9. The molecule has 3 aromatic rings. The molecule has 0 atom stereocenters. The lowest BCUT2D eigenvalue weighted by Crippen LogP contribution is -2.37. The van der Waals surface area contributed by atoms with Gasteiger partial charge in [-0.2, -0.15) is 0 Å². The quantitative estimate of drug-likeness (QED) is 0.492. The van der Waals surface area contributed by atoms with Crippen LogP contribution in [0.4, 0.5) is 5.69 Å². The molecule has 28 heavy (non-hydrogen) atoms. The van der Waals surface area contributed by atoms with E-state index in [0.717, 1.165) is 56.4 Å². The molecule has 0 amide bonds. The second-order valence-electron chi connectivity index (χ2n) is 6.53. The number of nitrogens with two attached hydrogens (primary N) is 1. The van der Waals surface area contributed by atoms with Crippen molar-refractivity contribution in [2.24, 2.45) is 10.7 Å². The third-order valence-electron chi connectivity index (χ3n) is 4.75. The molecular formula is C22H30N4OS. The number of fused-ring (bicyclic) bond motifs is 1. The van der Waals surface area contributed by atoms with Gasteiger partial charge >= 0.3 is 0 Å². The Labute approximate surface area is 171 Å². The second-order valence-corrected chi connectivity index (χ2v) is 7.48. The van der Waals surface area contributed by atoms with Gasteiger partial charge in [0.25, 0.3) is 0 Å². The number of morpholine rings is 1. The Morgan fingerprint density at radius 2 is 1.96 bits per heavy atom. The van der Waals surface area contributed by atoms with Crippen molar-refractivity contribution >= 4 is 33.8 Å². The van der Waals surface area contributed by atoms with Crippen LogP contribution >= 0.6 is 11.3 Å². The molecule has 2 aromatic heterocycles. The number of aromatic nitrogens is 1. The molecule has 1 fully saturated rings. The average molecular weight is 399 g/mol. The number of rotatable bonds is 6. The van der Waals surface area contributed by atoms with Crippen LogP contribution in [0.2, 0.25) is 0 Å². The normalized spacial score (nSPS) is 15.4. The minimum absolute atomic E-state index is 0.573. The zero-order valence-electron chi connectivity index (χ0n) is 16.8. The largest absolute Gasteiger partial charge is 0.383 e. The number of aliphatic imine (C=N–C) groups is 1. The van der Waals surface area contributed by atoms with Gasteiger partial charge in [0.05, 0.1) is 23.8 Å². The van der Waals surface area contributed by atoms with Crippen molar-refractivity contribution in [3.8, 4) is 0 Å². The Morgan fingerprint density at radius 3 is 2.71 bits per heavy atom. The summed E-state index contributed by atoms with van der Waals surface area (Å²) in [5.41, 5.74) is 8.25. The molecule has 1 saturated heterocycles. The molecule has 1 aliphatic rings. The summed E-state index contributed by atoms with van der Waals surface area (Å²) in [6, 6.07) is 12.4. The van der Waals surface area contributed by atoms with Gasteiger partial charge in [-0.15, -0.1) is 11.3 Å². The Hall–Kier alpha value is -2.15. The fourth-order valence-corrected chi connectivity index (χ4v) is 3.99. The molecule has 0 spiro atoms. The number of aryl methyl sites for hydroxylation is 1. The van der Waals surface area contributed by atoms with Crippen molar-refractivity contribution in [1.29, 1.82) is 0 Å². The summed E-state index contributed by atoms with van der Waals surface area (Å²) < 4.78 is 7.73. The van der Waals surface area contributed by atoms with Crippen LogP contribution in [0.1, 0.15) is 25.1 Å². The Balaban J connectivity index is 0.00000109. The maximum Gasteiger partial charge on any atom is 0.141 e. The van der Waals surface area contributed by atoms with E-state index in [9.17, 15) is 0 Å². The number of benzene rings is 1. The summed E-state index contributed by atoms with van der Waals surface area (Å²) in [4.78, 5) is 8.05. The van der Waals surface area contributed by atoms with Crippen LogP contribution in [-0.2, 0) is 11.3 Å². The van der Waals surface area contributed by atoms with Gasteiger partial charge in [-0.3, -0.25) is 4.90 Å². The van der Waals surface area contributed by atoms with Crippen LogP contribution in [0.25, 0.3) is 10.9 Å². The van der Waals surface area contributed by atoms with Gasteiger partial charge in [0.15, 0.2) is 0 Å². The van der Waals surface area contributed by atoms with Gasteiger partial charge in [-0.25, -0.2) is 4.99 Å². The number of thiophene rings is 1. The van der Waals surface area contributed by atoms with E-state index < -0.39 is 0 Å². The predicted octanol–water partition coefficient (Wildman–Crippen LogP) is 4.49. The van der Waals surface area contributed by atoms with E-state index in [0.29, 0.717) is 5.84 Å². The maximum atomic E-state index is 6.10.